The molecule has 0 fully saturated rings. The Kier molecular flexibility index (Phi) is 8.03. The Morgan fingerprint density at radius 3 is 2.33 bits per heavy atom. The standard InChI is InChI=1S/C25H24Cl2N4O.ClH/c1-25(2,15-29-14-16-3-6-19(26)7-4-16)24-30-22(17-9-11-28-12-10-17)23(31-24)18-5-8-20(27)21(32)13-18;/h3-13,29,32H,14-15H2,1-2H3,(H,30,31);1H. The van der Waals surface area contributed by atoms with Crippen LogP contribution >= 0.6 is 35.6 Å². The van der Waals surface area contributed by atoms with Crippen LogP contribution in [0.1, 0.15) is 25.2 Å². The molecule has 0 unspecified atom stereocenters. The zero-order valence-corrected chi connectivity index (χ0v) is 20.6. The molecular formula is C25H25Cl3N4O. The Morgan fingerprint density at radius 2 is 1.67 bits per heavy atom. The van der Waals surface area contributed by atoms with Crippen molar-refractivity contribution in [1.82, 2.24) is 20.3 Å². The molecule has 0 atom stereocenters. The summed E-state index contributed by atoms with van der Waals surface area (Å²) < 4.78 is 0. The lowest BCUT2D eigenvalue weighted by Crippen LogP contribution is -2.33. The number of phenolic OH excluding ortho intramolecular Hbond substituents is 1. The predicted octanol–water partition coefficient (Wildman–Crippen LogP) is 6.64. The number of aromatic hydroxyl groups is 1. The van der Waals surface area contributed by atoms with E-state index in [0.29, 0.717) is 11.6 Å². The van der Waals surface area contributed by atoms with Crippen molar-refractivity contribution in [1.29, 1.82) is 0 Å². The van der Waals surface area contributed by atoms with Gasteiger partial charge < -0.3 is 15.4 Å². The largest absolute Gasteiger partial charge is 0.506 e. The van der Waals surface area contributed by atoms with Gasteiger partial charge in [-0.05, 0) is 42.0 Å². The van der Waals surface area contributed by atoms with Crippen LogP contribution in [0.25, 0.3) is 22.5 Å². The second kappa shape index (κ2) is 10.6. The van der Waals surface area contributed by atoms with Gasteiger partial charge in [0, 0.05) is 47.0 Å². The summed E-state index contributed by atoms with van der Waals surface area (Å²) in [7, 11) is 0. The molecule has 2 aromatic heterocycles. The highest BCUT2D eigenvalue weighted by atomic mass is 35.5. The van der Waals surface area contributed by atoms with E-state index < -0.39 is 0 Å². The van der Waals surface area contributed by atoms with Crippen LogP contribution in [0.2, 0.25) is 10.0 Å². The number of rotatable bonds is 7. The molecule has 0 saturated heterocycles. The molecule has 0 aliphatic carbocycles. The monoisotopic (exact) mass is 502 g/mol. The van der Waals surface area contributed by atoms with Crippen molar-refractivity contribution in [2.75, 3.05) is 6.54 Å². The SMILES string of the molecule is CC(C)(CNCc1ccc(Cl)cc1)c1nc(-c2ccc(Cl)c(O)c2)c(-c2ccncc2)[nH]1.Cl. The lowest BCUT2D eigenvalue weighted by atomic mass is 9.92. The van der Waals surface area contributed by atoms with Crippen LogP contribution in [-0.4, -0.2) is 26.6 Å². The molecular weight excluding hydrogens is 479 g/mol. The second-order valence-corrected chi connectivity index (χ2v) is 9.17. The molecule has 0 spiro atoms. The average Bonchev–Trinajstić information content (AvgIpc) is 3.24. The number of aromatic nitrogens is 3. The maximum Gasteiger partial charge on any atom is 0.134 e. The highest BCUT2D eigenvalue weighted by molar-refractivity contribution is 6.32. The third-order valence-corrected chi connectivity index (χ3v) is 5.91. The summed E-state index contributed by atoms with van der Waals surface area (Å²) in [6.45, 7) is 5.72. The lowest BCUT2D eigenvalue weighted by molar-refractivity contribution is 0.448. The maximum absolute atomic E-state index is 10.1. The molecule has 0 amide bonds. The highest BCUT2D eigenvalue weighted by Gasteiger charge is 2.27. The van der Waals surface area contributed by atoms with Crippen molar-refractivity contribution >= 4 is 35.6 Å². The number of hydrogen-bond donors (Lipinski definition) is 3. The van der Waals surface area contributed by atoms with Crippen molar-refractivity contribution in [2.45, 2.75) is 25.8 Å². The van der Waals surface area contributed by atoms with E-state index in [1.165, 1.54) is 5.56 Å². The predicted molar refractivity (Wildman–Crippen MR) is 137 cm³/mol. The van der Waals surface area contributed by atoms with Crippen molar-refractivity contribution in [3.05, 3.63) is 88.4 Å². The molecule has 0 aliphatic heterocycles. The lowest BCUT2D eigenvalue weighted by Gasteiger charge is -2.23. The molecule has 33 heavy (non-hydrogen) atoms. The second-order valence-electron chi connectivity index (χ2n) is 8.32. The minimum atomic E-state index is -0.277. The number of phenols is 1. The number of nitrogens with one attached hydrogen (secondary N) is 2. The third-order valence-electron chi connectivity index (χ3n) is 5.34. The van der Waals surface area contributed by atoms with Gasteiger partial charge in [-0.1, -0.05) is 55.2 Å². The number of hydrogen-bond acceptors (Lipinski definition) is 4. The van der Waals surface area contributed by atoms with E-state index in [1.807, 2.05) is 42.5 Å². The molecule has 0 bridgehead atoms. The molecule has 4 rings (SSSR count). The summed E-state index contributed by atoms with van der Waals surface area (Å²) in [4.78, 5) is 12.6. The quantitative estimate of drug-likeness (QED) is 0.264. The zero-order valence-electron chi connectivity index (χ0n) is 18.3. The van der Waals surface area contributed by atoms with Gasteiger partial charge >= 0.3 is 0 Å². The fourth-order valence-electron chi connectivity index (χ4n) is 3.50. The smallest absolute Gasteiger partial charge is 0.134 e. The average molecular weight is 504 g/mol. The fourth-order valence-corrected chi connectivity index (χ4v) is 3.74. The van der Waals surface area contributed by atoms with E-state index in [0.717, 1.165) is 39.9 Å². The number of aromatic amines is 1. The summed E-state index contributed by atoms with van der Waals surface area (Å²) in [5.41, 5.74) is 4.26. The molecule has 0 saturated carbocycles. The normalized spacial score (nSPS) is 11.3. The van der Waals surface area contributed by atoms with Gasteiger partial charge in [-0.25, -0.2) is 4.98 Å². The molecule has 4 aromatic rings. The molecule has 3 N–H and O–H groups in total. The maximum atomic E-state index is 10.1. The minimum Gasteiger partial charge on any atom is -0.506 e. The van der Waals surface area contributed by atoms with E-state index in [9.17, 15) is 5.11 Å². The van der Waals surface area contributed by atoms with E-state index in [-0.39, 0.29) is 23.6 Å². The zero-order chi connectivity index (χ0) is 22.7. The summed E-state index contributed by atoms with van der Waals surface area (Å²) in [5, 5.41) is 14.7. The van der Waals surface area contributed by atoms with E-state index in [2.05, 4.69) is 29.1 Å². The van der Waals surface area contributed by atoms with Crippen molar-refractivity contribution in [3.8, 4) is 28.3 Å². The first-order valence-electron chi connectivity index (χ1n) is 10.3. The summed E-state index contributed by atoms with van der Waals surface area (Å²) in [5.74, 6) is 0.871. The number of nitrogens with zero attached hydrogens (tertiary/aromatic N) is 2. The molecule has 8 heteroatoms. The number of halogens is 3. The van der Waals surface area contributed by atoms with E-state index >= 15 is 0 Å². The number of imidazole rings is 1. The molecule has 5 nitrogen and oxygen atoms in total. The van der Waals surface area contributed by atoms with Crippen LogP contribution in [0.5, 0.6) is 5.75 Å². The van der Waals surface area contributed by atoms with Crippen molar-refractivity contribution in [3.63, 3.8) is 0 Å². The summed E-state index contributed by atoms with van der Waals surface area (Å²) >= 11 is 12.0. The van der Waals surface area contributed by atoms with Crippen LogP contribution in [0.3, 0.4) is 0 Å². The van der Waals surface area contributed by atoms with Crippen LogP contribution in [0.4, 0.5) is 0 Å². The van der Waals surface area contributed by atoms with Gasteiger partial charge in [-0.3, -0.25) is 4.98 Å². The van der Waals surface area contributed by atoms with Gasteiger partial charge in [0.05, 0.1) is 16.4 Å². The number of H-pyrrole nitrogens is 1. The van der Waals surface area contributed by atoms with Gasteiger partial charge in [-0.2, -0.15) is 0 Å². The summed E-state index contributed by atoms with van der Waals surface area (Å²) in [6, 6.07) is 16.9. The van der Waals surface area contributed by atoms with Gasteiger partial charge in [-0.15, -0.1) is 12.4 Å². The fraction of sp³-hybridized carbons (Fsp3) is 0.200. The van der Waals surface area contributed by atoms with E-state index in [1.54, 1.807) is 24.5 Å². The third kappa shape index (κ3) is 5.87. The molecule has 2 aromatic carbocycles. The van der Waals surface area contributed by atoms with Crippen LogP contribution < -0.4 is 5.32 Å². The Bertz CT molecular complexity index is 1210. The first kappa shape index (κ1) is 25.1. The first-order valence-corrected chi connectivity index (χ1v) is 11.0. The van der Waals surface area contributed by atoms with Gasteiger partial charge in [0.15, 0.2) is 0 Å². The number of pyridine rings is 1. The Morgan fingerprint density at radius 1 is 0.970 bits per heavy atom. The Labute approximate surface area is 209 Å². The topological polar surface area (TPSA) is 73.8 Å². The number of benzene rings is 2. The summed E-state index contributed by atoms with van der Waals surface area (Å²) in [6.07, 6.45) is 3.50. The minimum absolute atomic E-state index is 0. The van der Waals surface area contributed by atoms with Gasteiger partial charge in [0.1, 0.15) is 11.6 Å². The molecule has 0 radical (unpaired) electrons. The molecule has 2 heterocycles. The van der Waals surface area contributed by atoms with Crippen molar-refractivity contribution in [2.24, 2.45) is 0 Å². The highest BCUT2D eigenvalue weighted by Crippen LogP contribution is 2.36. The Hall–Kier alpha value is -2.57. The molecule has 172 valence electrons. The first-order chi connectivity index (χ1) is 15.3. The van der Waals surface area contributed by atoms with Gasteiger partial charge in [0.2, 0.25) is 0 Å². The Balaban J connectivity index is 0.00000306. The van der Waals surface area contributed by atoms with Crippen molar-refractivity contribution < 1.29 is 5.11 Å². The van der Waals surface area contributed by atoms with E-state index in [4.69, 9.17) is 28.2 Å². The van der Waals surface area contributed by atoms with Crippen LogP contribution in [0.15, 0.2) is 67.0 Å². The van der Waals surface area contributed by atoms with Crippen LogP contribution in [-0.2, 0) is 12.0 Å². The molecule has 0 aliphatic rings. The van der Waals surface area contributed by atoms with Crippen LogP contribution in [0, 0.1) is 0 Å². The van der Waals surface area contributed by atoms with Gasteiger partial charge in [0.25, 0.3) is 0 Å².